The third kappa shape index (κ3) is 5.84. The van der Waals surface area contributed by atoms with Gasteiger partial charge in [-0.2, -0.15) is 4.31 Å². The van der Waals surface area contributed by atoms with Gasteiger partial charge < -0.3 is 9.64 Å². The van der Waals surface area contributed by atoms with Crippen molar-refractivity contribution in [2.75, 3.05) is 45.9 Å². The highest BCUT2D eigenvalue weighted by molar-refractivity contribution is 7.89. The Hall–Kier alpha value is -1.80. The average molecular weight is 390 g/mol. The smallest absolute Gasteiger partial charge is 0.244 e. The van der Waals surface area contributed by atoms with Gasteiger partial charge in [0.05, 0.1) is 6.61 Å². The second kappa shape index (κ2) is 9.94. The molecule has 0 N–H and O–H groups in total. The van der Waals surface area contributed by atoms with Crippen molar-refractivity contribution in [1.82, 2.24) is 14.2 Å². The summed E-state index contributed by atoms with van der Waals surface area (Å²) in [7, 11) is -3.42. The lowest BCUT2D eigenvalue weighted by atomic mass is 10.2. The standard InChI is InChI=1S/C20H27N3O3S/c24-27(25,20-8-4-10-21-18-20)23-14-12-22(13-15-23)11-5-16-26-17-9-19-6-2-1-3-7-19/h1-4,6-8,10,18H,5,9,11-17H2. The molecule has 7 heteroatoms. The summed E-state index contributed by atoms with van der Waals surface area (Å²) in [4.78, 5) is 6.49. The molecule has 3 rings (SSSR count). The van der Waals surface area contributed by atoms with Crippen LogP contribution in [0, 0.1) is 0 Å². The Morgan fingerprint density at radius 3 is 2.44 bits per heavy atom. The Kier molecular flexibility index (Phi) is 7.34. The van der Waals surface area contributed by atoms with Crippen molar-refractivity contribution in [3.63, 3.8) is 0 Å². The van der Waals surface area contributed by atoms with Crippen molar-refractivity contribution in [2.24, 2.45) is 0 Å². The number of aromatic nitrogens is 1. The van der Waals surface area contributed by atoms with Gasteiger partial charge in [0.2, 0.25) is 10.0 Å². The first-order valence-corrected chi connectivity index (χ1v) is 10.8. The number of pyridine rings is 1. The van der Waals surface area contributed by atoms with Crippen molar-refractivity contribution in [3.05, 3.63) is 60.4 Å². The van der Waals surface area contributed by atoms with E-state index in [9.17, 15) is 8.42 Å². The number of piperazine rings is 1. The molecule has 0 bridgehead atoms. The zero-order valence-electron chi connectivity index (χ0n) is 15.5. The first-order valence-electron chi connectivity index (χ1n) is 9.40. The second-order valence-corrected chi connectivity index (χ2v) is 8.57. The number of hydrogen-bond acceptors (Lipinski definition) is 5. The number of benzene rings is 1. The van der Waals surface area contributed by atoms with Crippen LogP contribution in [0.5, 0.6) is 0 Å². The van der Waals surface area contributed by atoms with E-state index in [1.165, 1.54) is 11.8 Å². The van der Waals surface area contributed by atoms with Crippen LogP contribution in [0.1, 0.15) is 12.0 Å². The predicted molar refractivity (Wildman–Crippen MR) is 105 cm³/mol. The summed E-state index contributed by atoms with van der Waals surface area (Å²) in [6.07, 6.45) is 4.89. The van der Waals surface area contributed by atoms with Gasteiger partial charge in [-0.05, 0) is 30.5 Å². The van der Waals surface area contributed by atoms with Gasteiger partial charge in [-0.15, -0.1) is 0 Å². The molecule has 0 radical (unpaired) electrons. The summed E-state index contributed by atoms with van der Waals surface area (Å²) in [5.41, 5.74) is 1.29. The molecule has 1 aromatic carbocycles. The minimum Gasteiger partial charge on any atom is -0.381 e. The Balaban J connectivity index is 1.32. The highest BCUT2D eigenvalue weighted by atomic mass is 32.2. The maximum Gasteiger partial charge on any atom is 0.244 e. The minimum absolute atomic E-state index is 0.269. The molecule has 1 aromatic heterocycles. The van der Waals surface area contributed by atoms with Gasteiger partial charge in [0.25, 0.3) is 0 Å². The van der Waals surface area contributed by atoms with Gasteiger partial charge in [0.1, 0.15) is 4.90 Å². The first kappa shape index (κ1) is 19.9. The van der Waals surface area contributed by atoms with Crippen molar-refractivity contribution in [3.8, 4) is 0 Å². The third-order valence-corrected chi connectivity index (χ3v) is 6.63. The fourth-order valence-corrected chi connectivity index (χ4v) is 4.56. The molecule has 1 fully saturated rings. The van der Waals surface area contributed by atoms with E-state index in [2.05, 4.69) is 22.0 Å². The zero-order valence-corrected chi connectivity index (χ0v) is 16.4. The summed E-state index contributed by atoms with van der Waals surface area (Å²) < 4.78 is 32.5. The van der Waals surface area contributed by atoms with E-state index in [-0.39, 0.29) is 4.90 Å². The normalized spacial score (nSPS) is 16.4. The Bertz CT molecular complexity index is 777. The molecule has 0 aliphatic carbocycles. The van der Waals surface area contributed by atoms with Gasteiger partial charge >= 0.3 is 0 Å². The fraction of sp³-hybridized carbons (Fsp3) is 0.450. The van der Waals surface area contributed by atoms with Gasteiger partial charge in [-0.25, -0.2) is 8.42 Å². The fourth-order valence-electron chi connectivity index (χ4n) is 3.17. The molecule has 1 saturated heterocycles. The largest absolute Gasteiger partial charge is 0.381 e. The van der Waals surface area contributed by atoms with Crippen molar-refractivity contribution < 1.29 is 13.2 Å². The van der Waals surface area contributed by atoms with E-state index in [1.54, 1.807) is 22.6 Å². The molecular formula is C20H27N3O3S. The van der Waals surface area contributed by atoms with E-state index in [0.717, 1.165) is 45.7 Å². The summed E-state index contributed by atoms with van der Waals surface area (Å²) >= 11 is 0. The molecule has 2 aromatic rings. The molecular weight excluding hydrogens is 362 g/mol. The van der Waals surface area contributed by atoms with Gasteiger partial charge in [-0.3, -0.25) is 4.98 Å². The summed E-state index contributed by atoms with van der Waals surface area (Å²) in [6.45, 7) is 4.96. The average Bonchev–Trinajstić information content (AvgIpc) is 2.72. The summed E-state index contributed by atoms with van der Waals surface area (Å²) in [5, 5.41) is 0. The third-order valence-electron chi connectivity index (χ3n) is 4.74. The number of rotatable bonds is 9. The Labute approximate surface area is 161 Å². The molecule has 6 nitrogen and oxygen atoms in total. The minimum atomic E-state index is -3.42. The lowest BCUT2D eigenvalue weighted by molar-refractivity contribution is 0.115. The first-order chi connectivity index (χ1) is 13.2. The highest BCUT2D eigenvalue weighted by Gasteiger charge is 2.28. The Morgan fingerprint density at radius 1 is 0.963 bits per heavy atom. The van der Waals surface area contributed by atoms with Crippen LogP contribution in [0.15, 0.2) is 59.8 Å². The molecule has 0 amide bonds. The van der Waals surface area contributed by atoms with E-state index in [4.69, 9.17) is 4.74 Å². The van der Waals surface area contributed by atoms with Crippen LogP contribution < -0.4 is 0 Å². The van der Waals surface area contributed by atoms with Gasteiger partial charge in [0, 0.05) is 51.7 Å². The molecule has 0 unspecified atom stereocenters. The predicted octanol–water partition coefficient (Wildman–Crippen LogP) is 2.04. The van der Waals surface area contributed by atoms with Crippen LogP contribution in [0.2, 0.25) is 0 Å². The van der Waals surface area contributed by atoms with Crippen LogP contribution in [0.4, 0.5) is 0 Å². The maximum atomic E-state index is 12.6. The lowest BCUT2D eigenvalue weighted by Gasteiger charge is -2.33. The van der Waals surface area contributed by atoms with Crippen molar-refractivity contribution in [1.29, 1.82) is 0 Å². The van der Waals surface area contributed by atoms with E-state index >= 15 is 0 Å². The SMILES string of the molecule is O=S(=O)(c1cccnc1)N1CCN(CCCOCCc2ccccc2)CC1. The maximum absolute atomic E-state index is 12.6. The van der Waals surface area contributed by atoms with Crippen molar-refractivity contribution >= 4 is 10.0 Å². The number of sulfonamides is 1. The topological polar surface area (TPSA) is 62.7 Å². The van der Waals surface area contributed by atoms with Crippen LogP contribution in [0.25, 0.3) is 0 Å². The van der Waals surface area contributed by atoms with Crippen LogP contribution in [0.3, 0.4) is 0 Å². The van der Waals surface area contributed by atoms with Crippen LogP contribution in [-0.2, 0) is 21.2 Å². The van der Waals surface area contributed by atoms with Crippen molar-refractivity contribution in [2.45, 2.75) is 17.7 Å². The van der Waals surface area contributed by atoms with Gasteiger partial charge in [0.15, 0.2) is 0 Å². The number of hydrogen-bond donors (Lipinski definition) is 0. The molecule has 2 heterocycles. The monoisotopic (exact) mass is 389 g/mol. The van der Waals surface area contributed by atoms with Crippen LogP contribution in [-0.4, -0.2) is 68.5 Å². The van der Waals surface area contributed by atoms with Crippen LogP contribution >= 0.6 is 0 Å². The molecule has 146 valence electrons. The molecule has 0 spiro atoms. The zero-order chi connectivity index (χ0) is 19.0. The lowest BCUT2D eigenvalue weighted by Crippen LogP contribution is -2.48. The molecule has 1 aliphatic heterocycles. The van der Waals surface area contributed by atoms with E-state index < -0.39 is 10.0 Å². The molecule has 0 atom stereocenters. The molecule has 27 heavy (non-hydrogen) atoms. The Morgan fingerprint density at radius 2 is 1.74 bits per heavy atom. The van der Waals surface area contributed by atoms with E-state index in [1.807, 2.05) is 18.2 Å². The van der Waals surface area contributed by atoms with E-state index in [0.29, 0.717) is 13.1 Å². The summed E-state index contributed by atoms with van der Waals surface area (Å²) in [5.74, 6) is 0. The summed E-state index contributed by atoms with van der Waals surface area (Å²) in [6, 6.07) is 13.6. The number of nitrogens with zero attached hydrogens (tertiary/aromatic N) is 3. The molecule has 0 saturated carbocycles. The molecule has 1 aliphatic rings. The highest BCUT2D eigenvalue weighted by Crippen LogP contribution is 2.16. The van der Waals surface area contributed by atoms with Gasteiger partial charge in [-0.1, -0.05) is 30.3 Å². The number of ether oxygens (including phenoxy) is 1. The quantitative estimate of drug-likeness (QED) is 0.614. The second-order valence-electron chi connectivity index (χ2n) is 6.64.